The molecule has 35 heavy (non-hydrogen) atoms. The molecule has 0 saturated heterocycles. The van der Waals surface area contributed by atoms with Gasteiger partial charge in [-0.2, -0.15) is 0 Å². The predicted octanol–water partition coefficient (Wildman–Crippen LogP) is 4.33. The molecule has 4 rings (SSSR count). The first-order valence-corrected chi connectivity index (χ1v) is 12.7. The van der Waals surface area contributed by atoms with Crippen LogP contribution in [0.3, 0.4) is 0 Å². The average molecular weight is 480 g/mol. The Kier molecular flexibility index (Phi) is 8.29. The molecule has 0 unspecified atom stereocenters. The first kappa shape index (κ1) is 25.0. The van der Waals surface area contributed by atoms with Crippen LogP contribution in [0.2, 0.25) is 0 Å². The molecule has 1 heterocycles. The molecule has 188 valence electrons. The van der Waals surface area contributed by atoms with E-state index < -0.39 is 5.97 Å². The van der Waals surface area contributed by atoms with Gasteiger partial charge in [-0.05, 0) is 66.1 Å². The summed E-state index contributed by atoms with van der Waals surface area (Å²) in [6.45, 7) is 1.55. The number of carboxylic acid groups (broad SMARTS) is 1. The zero-order chi connectivity index (χ0) is 24.8. The van der Waals surface area contributed by atoms with Gasteiger partial charge in [-0.1, -0.05) is 31.4 Å². The molecule has 1 aliphatic carbocycles. The van der Waals surface area contributed by atoms with Gasteiger partial charge in [0.05, 0.1) is 13.0 Å². The second-order valence-electron chi connectivity index (χ2n) is 9.82. The van der Waals surface area contributed by atoms with Crippen molar-refractivity contribution in [3.05, 3.63) is 53.1 Å². The number of carboxylic acids is 1. The Morgan fingerprint density at radius 3 is 2.66 bits per heavy atom. The second kappa shape index (κ2) is 11.6. The summed E-state index contributed by atoms with van der Waals surface area (Å²) in [5.41, 5.74) is 5.91. The molecule has 0 bridgehead atoms. The molecule has 7 heteroatoms. The minimum atomic E-state index is -0.873. The maximum absolute atomic E-state index is 12.6. The number of rotatable bonds is 10. The van der Waals surface area contributed by atoms with Crippen LogP contribution in [-0.4, -0.2) is 50.7 Å². The molecular weight excluding hydrogens is 442 g/mol. The highest BCUT2D eigenvalue weighted by atomic mass is 16.5. The summed E-state index contributed by atoms with van der Waals surface area (Å²) in [4.78, 5) is 27.2. The number of anilines is 2. The molecule has 2 aromatic carbocycles. The summed E-state index contributed by atoms with van der Waals surface area (Å²) in [6, 6.07) is 12.7. The number of nitrogens with zero attached hydrogens (tertiary/aromatic N) is 2. The third kappa shape index (κ3) is 6.34. The lowest BCUT2D eigenvalue weighted by Gasteiger charge is -2.27. The molecule has 0 aromatic heterocycles. The zero-order valence-electron chi connectivity index (χ0n) is 20.9. The van der Waals surface area contributed by atoms with Crippen molar-refractivity contribution in [2.75, 3.05) is 43.5 Å². The van der Waals surface area contributed by atoms with Gasteiger partial charge in [0.2, 0.25) is 5.91 Å². The Balaban J connectivity index is 1.36. The number of carbonyl (C=O) groups is 2. The van der Waals surface area contributed by atoms with E-state index in [1.54, 1.807) is 4.90 Å². The Morgan fingerprint density at radius 1 is 1.11 bits per heavy atom. The topological polar surface area (TPSA) is 82.1 Å². The van der Waals surface area contributed by atoms with Crippen molar-refractivity contribution in [1.82, 2.24) is 5.32 Å². The summed E-state index contributed by atoms with van der Waals surface area (Å²) in [6.07, 6.45) is 7.36. The van der Waals surface area contributed by atoms with Crippen molar-refractivity contribution in [1.29, 1.82) is 0 Å². The molecule has 0 radical (unpaired) electrons. The fraction of sp³-hybridized carbons (Fsp3) is 0.500. The number of benzene rings is 2. The third-order valence-electron chi connectivity index (χ3n) is 7.07. The number of fused-ring (bicyclic) bond motifs is 1. The standard InChI is InChI=1S/C28H37N3O4/c1-30(2)26-16-20(8-10-24(26)21-6-4-3-5-7-21)19-35-23-9-11-25-22(17-23)13-15-31(25)27(32)18-29-14-12-28(33)34/h8-11,16-17,21,29H,3-7,12-15,18-19H2,1-2H3,(H,33,34). The van der Waals surface area contributed by atoms with Gasteiger partial charge in [0.15, 0.2) is 0 Å². The minimum Gasteiger partial charge on any atom is -0.489 e. The van der Waals surface area contributed by atoms with Gasteiger partial charge in [0.1, 0.15) is 12.4 Å². The minimum absolute atomic E-state index is 0.00388. The van der Waals surface area contributed by atoms with E-state index in [2.05, 4.69) is 42.5 Å². The first-order chi connectivity index (χ1) is 16.9. The molecule has 0 atom stereocenters. The van der Waals surface area contributed by atoms with Gasteiger partial charge in [0.25, 0.3) is 0 Å². The third-order valence-corrected chi connectivity index (χ3v) is 7.07. The number of hydrogen-bond acceptors (Lipinski definition) is 5. The van der Waals surface area contributed by atoms with E-state index in [9.17, 15) is 9.59 Å². The second-order valence-corrected chi connectivity index (χ2v) is 9.82. The molecule has 2 aromatic rings. The van der Waals surface area contributed by atoms with Crippen LogP contribution in [0.5, 0.6) is 5.75 Å². The van der Waals surface area contributed by atoms with E-state index in [-0.39, 0.29) is 25.4 Å². The fourth-order valence-electron chi connectivity index (χ4n) is 5.20. The van der Waals surface area contributed by atoms with E-state index in [1.165, 1.54) is 43.4 Å². The molecule has 2 N–H and O–H groups in total. The highest BCUT2D eigenvalue weighted by Crippen LogP contribution is 2.38. The quantitative estimate of drug-likeness (QED) is 0.494. The van der Waals surface area contributed by atoms with Crippen molar-refractivity contribution in [2.24, 2.45) is 0 Å². The summed E-state index contributed by atoms with van der Waals surface area (Å²) < 4.78 is 6.15. The highest BCUT2D eigenvalue weighted by Gasteiger charge is 2.25. The van der Waals surface area contributed by atoms with Gasteiger partial charge in [-0.15, -0.1) is 0 Å². The van der Waals surface area contributed by atoms with Crippen LogP contribution in [0.15, 0.2) is 36.4 Å². The van der Waals surface area contributed by atoms with Crippen molar-refractivity contribution < 1.29 is 19.4 Å². The summed E-state index contributed by atoms with van der Waals surface area (Å²) >= 11 is 0. The summed E-state index contributed by atoms with van der Waals surface area (Å²) in [5, 5.41) is 11.6. The lowest BCUT2D eigenvalue weighted by Crippen LogP contribution is -2.37. The van der Waals surface area contributed by atoms with Crippen LogP contribution in [0.25, 0.3) is 0 Å². The van der Waals surface area contributed by atoms with Crippen LogP contribution < -0.4 is 19.9 Å². The van der Waals surface area contributed by atoms with Crippen molar-refractivity contribution in [2.45, 2.75) is 57.5 Å². The number of nitrogens with one attached hydrogen (secondary N) is 1. The lowest BCUT2D eigenvalue weighted by molar-refractivity contribution is -0.137. The number of amides is 1. The van der Waals surface area contributed by atoms with Crippen molar-refractivity contribution >= 4 is 23.3 Å². The van der Waals surface area contributed by atoms with E-state index in [4.69, 9.17) is 9.84 Å². The summed E-state index contributed by atoms with van der Waals surface area (Å²) in [5.74, 6) is 0.547. The van der Waals surface area contributed by atoms with E-state index >= 15 is 0 Å². The normalized spacial score (nSPS) is 15.7. The number of ether oxygens (including phenoxy) is 1. The molecule has 0 spiro atoms. The van der Waals surface area contributed by atoms with Crippen LogP contribution in [0.1, 0.15) is 61.1 Å². The smallest absolute Gasteiger partial charge is 0.304 e. The molecule has 2 aliphatic rings. The van der Waals surface area contributed by atoms with E-state index in [0.717, 1.165) is 29.0 Å². The van der Waals surface area contributed by atoms with Crippen molar-refractivity contribution in [3.63, 3.8) is 0 Å². The van der Waals surface area contributed by atoms with E-state index in [0.29, 0.717) is 19.1 Å². The maximum Gasteiger partial charge on any atom is 0.304 e. The Morgan fingerprint density at radius 2 is 1.91 bits per heavy atom. The van der Waals surface area contributed by atoms with E-state index in [1.807, 2.05) is 18.2 Å². The van der Waals surface area contributed by atoms with Crippen LogP contribution in [-0.2, 0) is 22.6 Å². The predicted molar refractivity (Wildman–Crippen MR) is 139 cm³/mol. The molecule has 7 nitrogen and oxygen atoms in total. The molecule has 1 saturated carbocycles. The first-order valence-electron chi connectivity index (χ1n) is 12.7. The molecule has 1 aliphatic heterocycles. The summed E-state index contributed by atoms with van der Waals surface area (Å²) in [7, 11) is 4.23. The largest absolute Gasteiger partial charge is 0.489 e. The van der Waals surface area contributed by atoms with Gasteiger partial charge in [-0.3, -0.25) is 9.59 Å². The van der Waals surface area contributed by atoms with Crippen LogP contribution >= 0.6 is 0 Å². The lowest BCUT2D eigenvalue weighted by atomic mass is 9.83. The van der Waals surface area contributed by atoms with Crippen LogP contribution in [0.4, 0.5) is 11.4 Å². The van der Waals surface area contributed by atoms with Gasteiger partial charge in [0, 0.05) is 38.6 Å². The number of aliphatic carboxylic acids is 1. The van der Waals surface area contributed by atoms with Gasteiger partial charge < -0.3 is 25.0 Å². The van der Waals surface area contributed by atoms with Gasteiger partial charge >= 0.3 is 5.97 Å². The SMILES string of the molecule is CN(C)c1cc(COc2ccc3c(c2)CCN3C(=O)CNCCC(=O)O)ccc1C1CCCCC1. The van der Waals surface area contributed by atoms with Crippen LogP contribution in [0, 0.1) is 0 Å². The number of hydrogen-bond donors (Lipinski definition) is 2. The van der Waals surface area contributed by atoms with Gasteiger partial charge in [-0.25, -0.2) is 0 Å². The Labute approximate surface area is 208 Å². The Hall–Kier alpha value is -3.06. The molecule has 1 fully saturated rings. The molecule has 1 amide bonds. The highest BCUT2D eigenvalue weighted by molar-refractivity contribution is 5.96. The monoisotopic (exact) mass is 479 g/mol. The molecular formula is C28H37N3O4. The zero-order valence-corrected chi connectivity index (χ0v) is 20.9. The average Bonchev–Trinajstić information content (AvgIpc) is 3.29. The fourth-order valence-corrected chi connectivity index (χ4v) is 5.20. The van der Waals surface area contributed by atoms with Crippen molar-refractivity contribution in [3.8, 4) is 5.75 Å². The maximum atomic E-state index is 12.6. The Bertz CT molecular complexity index is 1050. The number of carbonyl (C=O) groups excluding carboxylic acids is 1.